The van der Waals surface area contributed by atoms with Crippen molar-refractivity contribution in [1.82, 2.24) is 4.57 Å². The number of rotatable bonds is 1. The fourth-order valence-electron chi connectivity index (χ4n) is 5.90. The third kappa shape index (κ3) is 2.13. The zero-order valence-electron chi connectivity index (χ0n) is 18.3. The second-order valence-corrected chi connectivity index (χ2v) is 9.40. The summed E-state index contributed by atoms with van der Waals surface area (Å²) in [6.07, 6.45) is 0. The predicted molar refractivity (Wildman–Crippen MR) is 136 cm³/mol. The molecule has 0 aliphatic heterocycles. The summed E-state index contributed by atoms with van der Waals surface area (Å²) in [5.74, 6) is 0. The van der Waals surface area contributed by atoms with Crippen LogP contribution in [-0.4, -0.2) is 4.57 Å². The Balaban J connectivity index is 1.69. The van der Waals surface area contributed by atoms with E-state index >= 15 is 0 Å². The molecule has 1 heteroatoms. The Bertz CT molecular complexity index is 1640. The van der Waals surface area contributed by atoms with E-state index in [1.807, 2.05) is 0 Å². The van der Waals surface area contributed by atoms with Gasteiger partial charge < -0.3 is 4.57 Å². The molecule has 1 heterocycles. The molecule has 7 rings (SSSR count). The molecular formula is C31H23N. The van der Waals surface area contributed by atoms with E-state index in [1.165, 1.54) is 60.5 Å². The smallest absolute Gasteiger partial charge is 0.0544 e. The van der Waals surface area contributed by atoms with Gasteiger partial charge in [0.25, 0.3) is 0 Å². The highest BCUT2D eigenvalue weighted by atomic mass is 15.0. The summed E-state index contributed by atoms with van der Waals surface area (Å²) in [7, 11) is 0. The van der Waals surface area contributed by atoms with E-state index < -0.39 is 0 Å². The van der Waals surface area contributed by atoms with Crippen molar-refractivity contribution in [2.24, 2.45) is 0 Å². The van der Waals surface area contributed by atoms with Gasteiger partial charge in [-0.05, 0) is 45.8 Å². The molecule has 5 aromatic carbocycles. The van der Waals surface area contributed by atoms with Crippen LogP contribution in [0.4, 0.5) is 0 Å². The normalized spacial score (nSPS) is 14.2. The summed E-state index contributed by atoms with van der Waals surface area (Å²) in [6.45, 7) is 4.73. The maximum absolute atomic E-state index is 2.46. The fourth-order valence-corrected chi connectivity index (χ4v) is 5.90. The van der Waals surface area contributed by atoms with Crippen LogP contribution in [0.1, 0.15) is 25.0 Å². The van der Waals surface area contributed by atoms with Gasteiger partial charge in [-0.1, -0.05) is 98.8 Å². The highest BCUT2D eigenvalue weighted by Crippen LogP contribution is 2.52. The molecule has 1 nitrogen and oxygen atoms in total. The van der Waals surface area contributed by atoms with Crippen LogP contribution in [0.5, 0.6) is 0 Å². The molecule has 1 aromatic heterocycles. The molecule has 6 aromatic rings. The van der Waals surface area contributed by atoms with Crippen molar-refractivity contribution in [1.29, 1.82) is 0 Å². The molecule has 0 atom stereocenters. The SMILES string of the molecule is CC1(C)c2ccccc2-c2c1cc(-n1c3ccccc3c3ccccc31)c1ccccc21. The van der Waals surface area contributed by atoms with Crippen LogP contribution in [0.2, 0.25) is 0 Å². The number of para-hydroxylation sites is 2. The monoisotopic (exact) mass is 409 g/mol. The minimum Gasteiger partial charge on any atom is -0.309 e. The molecule has 152 valence electrons. The van der Waals surface area contributed by atoms with Gasteiger partial charge >= 0.3 is 0 Å². The molecule has 0 spiro atoms. The van der Waals surface area contributed by atoms with Gasteiger partial charge in [0.1, 0.15) is 0 Å². The summed E-state index contributed by atoms with van der Waals surface area (Å²) < 4.78 is 2.46. The predicted octanol–water partition coefficient (Wildman–Crippen LogP) is 8.24. The minimum absolute atomic E-state index is 0.0382. The van der Waals surface area contributed by atoms with Crippen LogP contribution in [0.25, 0.3) is 49.4 Å². The Morgan fingerprint density at radius 3 is 1.75 bits per heavy atom. The lowest BCUT2D eigenvalue weighted by atomic mass is 9.81. The molecule has 0 N–H and O–H groups in total. The standard InChI is InChI=1S/C31H23N/c1-31(2)25-16-8-5-15-24(25)30-23-14-4-3-13-22(23)29(19-26(30)31)32-27-17-9-6-11-20(27)21-12-7-10-18-28(21)32/h3-19H,1-2H3. The van der Waals surface area contributed by atoms with Gasteiger partial charge in [0, 0.05) is 21.6 Å². The molecule has 32 heavy (non-hydrogen) atoms. The van der Waals surface area contributed by atoms with Crippen molar-refractivity contribution in [2.75, 3.05) is 0 Å². The summed E-state index contributed by atoms with van der Waals surface area (Å²) in [5, 5.41) is 5.23. The molecule has 0 saturated carbocycles. The molecule has 0 fully saturated rings. The number of aromatic nitrogens is 1. The lowest BCUT2D eigenvalue weighted by Gasteiger charge is -2.23. The summed E-state index contributed by atoms with van der Waals surface area (Å²) in [4.78, 5) is 0. The molecule has 0 amide bonds. The van der Waals surface area contributed by atoms with Gasteiger partial charge in [-0.2, -0.15) is 0 Å². The second kappa shape index (κ2) is 6.11. The first-order chi connectivity index (χ1) is 15.7. The van der Waals surface area contributed by atoms with Gasteiger partial charge in [-0.3, -0.25) is 0 Å². The number of nitrogens with zero attached hydrogens (tertiary/aromatic N) is 1. The Labute approximate surface area is 187 Å². The van der Waals surface area contributed by atoms with E-state index in [-0.39, 0.29) is 5.41 Å². The third-order valence-corrected chi connectivity index (χ3v) is 7.39. The Morgan fingerprint density at radius 2 is 1.06 bits per heavy atom. The molecular weight excluding hydrogens is 386 g/mol. The van der Waals surface area contributed by atoms with E-state index in [1.54, 1.807) is 0 Å². The lowest BCUT2D eigenvalue weighted by Crippen LogP contribution is -2.15. The molecule has 1 aliphatic carbocycles. The number of fused-ring (bicyclic) bond motifs is 8. The summed E-state index contributed by atoms with van der Waals surface area (Å²) in [6, 6.07) is 37.8. The molecule has 0 unspecified atom stereocenters. The van der Waals surface area contributed by atoms with Crippen LogP contribution in [0.3, 0.4) is 0 Å². The van der Waals surface area contributed by atoms with Crippen molar-refractivity contribution in [3.63, 3.8) is 0 Å². The van der Waals surface area contributed by atoms with Crippen LogP contribution in [0.15, 0.2) is 103 Å². The lowest BCUT2D eigenvalue weighted by molar-refractivity contribution is 0.660. The maximum Gasteiger partial charge on any atom is 0.0544 e. The van der Waals surface area contributed by atoms with Crippen molar-refractivity contribution in [2.45, 2.75) is 19.3 Å². The largest absolute Gasteiger partial charge is 0.309 e. The van der Waals surface area contributed by atoms with E-state index in [0.29, 0.717) is 0 Å². The number of hydrogen-bond acceptors (Lipinski definition) is 0. The van der Waals surface area contributed by atoms with E-state index in [4.69, 9.17) is 0 Å². The molecule has 0 saturated heterocycles. The van der Waals surface area contributed by atoms with Crippen LogP contribution in [0, 0.1) is 0 Å². The average molecular weight is 410 g/mol. The average Bonchev–Trinajstić information content (AvgIpc) is 3.28. The van der Waals surface area contributed by atoms with E-state index in [0.717, 1.165) is 0 Å². The maximum atomic E-state index is 2.46. The highest BCUT2D eigenvalue weighted by molar-refractivity contribution is 6.12. The zero-order chi connectivity index (χ0) is 21.4. The first-order valence-electron chi connectivity index (χ1n) is 11.3. The molecule has 0 radical (unpaired) electrons. The minimum atomic E-state index is -0.0382. The Hall–Kier alpha value is -3.84. The van der Waals surface area contributed by atoms with Crippen molar-refractivity contribution >= 4 is 32.6 Å². The first-order valence-corrected chi connectivity index (χ1v) is 11.3. The van der Waals surface area contributed by atoms with Crippen LogP contribution >= 0.6 is 0 Å². The van der Waals surface area contributed by atoms with Crippen LogP contribution in [-0.2, 0) is 5.41 Å². The van der Waals surface area contributed by atoms with Crippen molar-refractivity contribution < 1.29 is 0 Å². The quantitative estimate of drug-likeness (QED) is 0.258. The summed E-state index contributed by atoms with van der Waals surface area (Å²) in [5.41, 5.74) is 9.33. The molecule has 1 aliphatic rings. The van der Waals surface area contributed by atoms with Gasteiger partial charge in [0.05, 0.1) is 16.7 Å². The van der Waals surface area contributed by atoms with Crippen molar-refractivity contribution in [3.8, 4) is 16.8 Å². The van der Waals surface area contributed by atoms with Gasteiger partial charge in [-0.15, -0.1) is 0 Å². The van der Waals surface area contributed by atoms with E-state index in [9.17, 15) is 0 Å². The fraction of sp³-hybridized carbons (Fsp3) is 0.0968. The molecule has 0 bridgehead atoms. The topological polar surface area (TPSA) is 4.93 Å². The summed E-state index contributed by atoms with van der Waals surface area (Å²) >= 11 is 0. The first kappa shape index (κ1) is 17.8. The van der Waals surface area contributed by atoms with Gasteiger partial charge in [-0.25, -0.2) is 0 Å². The van der Waals surface area contributed by atoms with Crippen LogP contribution < -0.4 is 0 Å². The second-order valence-electron chi connectivity index (χ2n) is 9.40. The highest BCUT2D eigenvalue weighted by Gasteiger charge is 2.37. The number of benzene rings is 5. The van der Waals surface area contributed by atoms with E-state index in [2.05, 4.69) is 122 Å². The Morgan fingerprint density at radius 1 is 0.531 bits per heavy atom. The zero-order valence-corrected chi connectivity index (χ0v) is 18.3. The van der Waals surface area contributed by atoms with Gasteiger partial charge in [0.2, 0.25) is 0 Å². The third-order valence-electron chi connectivity index (χ3n) is 7.39. The number of hydrogen-bond donors (Lipinski definition) is 0. The van der Waals surface area contributed by atoms with Crippen molar-refractivity contribution in [3.05, 3.63) is 114 Å². The van der Waals surface area contributed by atoms with Gasteiger partial charge in [0.15, 0.2) is 0 Å². The Kier molecular flexibility index (Phi) is 3.40.